The average molecular weight is 313 g/mol. The maximum Gasteiger partial charge on any atom is 0.260 e. The minimum absolute atomic E-state index is 0. The Labute approximate surface area is 133 Å². The lowest BCUT2D eigenvalue weighted by molar-refractivity contribution is -0.133. The number of nitrogens with zero attached hydrogens (tertiary/aromatic N) is 1. The van der Waals surface area contributed by atoms with E-state index in [0.29, 0.717) is 0 Å². The number of piperazine rings is 1. The molecule has 0 bridgehead atoms. The van der Waals surface area contributed by atoms with Gasteiger partial charge in [-0.15, -0.1) is 12.4 Å². The summed E-state index contributed by atoms with van der Waals surface area (Å²) in [5, 5.41) is 3.24. The fraction of sp³-hybridized carbons (Fsp3) is 0.562. The van der Waals surface area contributed by atoms with Gasteiger partial charge in [0.1, 0.15) is 5.75 Å². The van der Waals surface area contributed by atoms with E-state index >= 15 is 0 Å². The molecule has 0 aliphatic carbocycles. The third-order valence-corrected chi connectivity index (χ3v) is 3.52. The SMILES string of the molecule is CC(C)(C)c1ccccc1OCC(=O)N1CCNCC1.Cl. The summed E-state index contributed by atoms with van der Waals surface area (Å²) in [5.74, 6) is 0.874. The molecule has 1 N–H and O–H groups in total. The molecule has 1 amide bonds. The van der Waals surface area contributed by atoms with Gasteiger partial charge in [-0.3, -0.25) is 4.79 Å². The fourth-order valence-electron chi connectivity index (χ4n) is 2.36. The molecule has 2 rings (SSSR count). The molecule has 0 unspecified atom stereocenters. The number of hydrogen-bond acceptors (Lipinski definition) is 3. The average Bonchev–Trinajstić information content (AvgIpc) is 2.45. The van der Waals surface area contributed by atoms with Crippen molar-refractivity contribution in [2.24, 2.45) is 0 Å². The molecule has 1 fully saturated rings. The van der Waals surface area contributed by atoms with Crippen LogP contribution in [-0.2, 0) is 10.2 Å². The van der Waals surface area contributed by atoms with Crippen LogP contribution in [0.2, 0.25) is 0 Å². The summed E-state index contributed by atoms with van der Waals surface area (Å²) < 4.78 is 5.77. The van der Waals surface area contributed by atoms with Crippen molar-refractivity contribution >= 4 is 18.3 Å². The number of nitrogens with one attached hydrogen (secondary N) is 1. The first-order valence-electron chi connectivity index (χ1n) is 7.19. The predicted molar refractivity (Wildman–Crippen MR) is 87.3 cm³/mol. The highest BCUT2D eigenvalue weighted by Gasteiger charge is 2.20. The summed E-state index contributed by atoms with van der Waals surface area (Å²) in [6, 6.07) is 7.95. The van der Waals surface area contributed by atoms with Crippen LogP contribution in [0, 0.1) is 0 Å². The molecule has 1 aliphatic rings. The second-order valence-corrected chi connectivity index (χ2v) is 6.17. The standard InChI is InChI=1S/C16H24N2O2.ClH/c1-16(2,3)13-6-4-5-7-14(13)20-12-15(19)18-10-8-17-9-11-18;/h4-7,17H,8-12H2,1-3H3;1H. The molecule has 0 saturated carbocycles. The van der Waals surface area contributed by atoms with Crippen molar-refractivity contribution in [3.8, 4) is 5.75 Å². The second kappa shape index (κ2) is 7.66. The molecule has 1 aromatic rings. The number of halogens is 1. The van der Waals surface area contributed by atoms with E-state index < -0.39 is 0 Å². The van der Waals surface area contributed by atoms with Gasteiger partial charge < -0.3 is 15.0 Å². The van der Waals surface area contributed by atoms with E-state index in [9.17, 15) is 4.79 Å². The molecule has 1 heterocycles. The van der Waals surface area contributed by atoms with Gasteiger partial charge in [-0.05, 0) is 17.0 Å². The van der Waals surface area contributed by atoms with Gasteiger partial charge in [0.05, 0.1) is 0 Å². The Morgan fingerprint density at radius 3 is 2.48 bits per heavy atom. The molecule has 0 spiro atoms. The van der Waals surface area contributed by atoms with Gasteiger partial charge in [0, 0.05) is 26.2 Å². The van der Waals surface area contributed by atoms with Gasteiger partial charge in [0.25, 0.3) is 5.91 Å². The molecule has 5 heteroatoms. The minimum Gasteiger partial charge on any atom is -0.483 e. The molecule has 21 heavy (non-hydrogen) atoms. The van der Waals surface area contributed by atoms with Crippen LogP contribution in [0.25, 0.3) is 0 Å². The van der Waals surface area contributed by atoms with E-state index in [1.54, 1.807) is 0 Å². The van der Waals surface area contributed by atoms with E-state index in [1.807, 2.05) is 23.1 Å². The number of carbonyl (C=O) groups excluding carboxylic acids is 1. The number of benzene rings is 1. The molecule has 118 valence electrons. The molecule has 1 aromatic carbocycles. The zero-order chi connectivity index (χ0) is 14.6. The van der Waals surface area contributed by atoms with Crippen molar-refractivity contribution in [3.05, 3.63) is 29.8 Å². The lowest BCUT2D eigenvalue weighted by Gasteiger charge is -2.28. The van der Waals surface area contributed by atoms with Crippen LogP contribution in [0.4, 0.5) is 0 Å². The molecular formula is C16H25ClN2O2. The Morgan fingerprint density at radius 1 is 1.24 bits per heavy atom. The summed E-state index contributed by atoms with van der Waals surface area (Å²) in [7, 11) is 0. The monoisotopic (exact) mass is 312 g/mol. The van der Waals surface area contributed by atoms with Gasteiger partial charge >= 0.3 is 0 Å². The molecule has 1 saturated heterocycles. The van der Waals surface area contributed by atoms with Crippen LogP contribution in [0.3, 0.4) is 0 Å². The highest BCUT2D eigenvalue weighted by atomic mass is 35.5. The van der Waals surface area contributed by atoms with Gasteiger partial charge in [-0.2, -0.15) is 0 Å². The largest absolute Gasteiger partial charge is 0.483 e. The third kappa shape index (κ3) is 4.90. The van der Waals surface area contributed by atoms with Gasteiger partial charge in [-0.25, -0.2) is 0 Å². The summed E-state index contributed by atoms with van der Waals surface area (Å²) in [6.07, 6.45) is 0. The molecule has 1 aliphatic heterocycles. The lowest BCUT2D eigenvalue weighted by atomic mass is 9.86. The van der Waals surface area contributed by atoms with Crippen molar-refractivity contribution in [1.29, 1.82) is 0 Å². The Hall–Kier alpha value is -1.26. The van der Waals surface area contributed by atoms with Gasteiger partial charge in [0.2, 0.25) is 0 Å². The van der Waals surface area contributed by atoms with Crippen molar-refractivity contribution in [2.75, 3.05) is 32.8 Å². The van der Waals surface area contributed by atoms with Crippen molar-refractivity contribution in [2.45, 2.75) is 26.2 Å². The second-order valence-electron chi connectivity index (χ2n) is 6.17. The van der Waals surface area contributed by atoms with E-state index in [2.05, 4.69) is 32.2 Å². The van der Waals surface area contributed by atoms with E-state index in [1.165, 1.54) is 0 Å². The molecular weight excluding hydrogens is 288 g/mol. The molecule has 0 aromatic heterocycles. The molecule has 0 radical (unpaired) electrons. The number of para-hydroxylation sites is 1. The lowest BCUT2D eigenvalue weighted by Crippen LogP contribution is -2.48. The zero-order valence-corrected chi connectivity index (χ0v) is 13.8. The topological polar surface area (TPSA) is 41.6 Å². The summed E-state index contributed by atoms with van der Waals surface area (Å²) in [5.41, 5.74) is 1.14. The fourth-order valence-corrected chi connectivity index (χ4v) is 2.36. The number of amides is 1. The first kappa shape index (κ1) is 17.8. The van der Waals surface area contributed by atoms with E-state index in [-0.39, 0.29) is 30.3 Å². The van der Waals surface area contributed by atoms with Crippen LogP contribution >= 0.6 is 12.4 Å². The normalized spacial score (nSPS) is 15.3. The van der Waals surface area contributed by atoms with Crippen molar-refractivity contribution < 1.29 is 9.53 Å². The first-order valence-corrected chi connectivity index (χ1v) is 7.19. The quantitative estimate of drug-likeness (QED) is 0.930. The number of carbonyl (C=O) groups is 1. The van der Waals surface area contributed by atoms with Gasteiger partial charge in [-0.1, -0.05) is 39.0 Å². The van der Waals surface area contributed by atoms with Crippen LogP contribution in [0.5, 0.6) is 5.75 Å². The Morgan fingerprint density at radius 2 is 1.86 bits per heavy atom. The zero-order valence-electron chi connectivity index (χ0n) is 13.0. The summed E-state index contributed by atoms with van der Waals surface area (Å²) >= 11 is 0. The van der Waals surface area contributed by atoms with Crippen LogP contribution < -0.4 is 10.1 Å². The summed E-state index contributed by atoms with van der Waals surface area (Å²) in [4.78, 5) is 14.0. The first-order chi connectivity index (χ1) is 9.48. The van der Waals surface area contributed by atoms with Crippen LogP contribution in [0.1, 0.15) is 26.3 Å². The van der Waals surface area contributed by atoms with Crippen molar-refractivity contribution in [1.82, 2.24) is 10.2 Å². The molecule has 0 atom stereocenters. The predicted octanol–water partition coefficient (Wildman–Crippen LogP) is 2.22. The van der Waals surface area contributed by atoms with Crippen LogP contribution in [0.15, 0.2) is 24.3 Å². The van der Waals surface area contributed by atoms with Crippen LogP contribution in [-0.4, -0.2) is 43.6 Å². The number of hydrogen-bond donors (Lipinski definition) is 1. The van der Waals surface area contributed by atoms with E-state index in [4.69, 9.17) is 4.74 Å². The third-order valence-electron chi connectivity index (χ3n) is 3.52. The Balaban J connectivity index is 0.00000220. The Kier molecular flexibility index (Phi) is 6.49. The van der Waals surface area contributed by atoms with Crippen molar-refractivity contribution in [3.63, 3.8) is 0 Å². The van der Waals surface area contributed by atoms with Gasteiger partial charge in [0.15, 0.2) is 6.61 Å². The maximum absolute atomic E-state index is 12.1. The highest BCUT2D eigenvalue weighted by Crippen LogP contribution is 2.30. The molecule has 4 nitrogen and oxygen atoms in total. The smallest absolute Gasteiger partial charge is 0.260 e. The number of rotatable bonds is 3. The number of ether oxygens (including phenoxy) is 1. The summed E-state index contributed by atoms with van der Waals surface area (Å²) in [6.45, 7) is 9.82. The minimum atomic E-state index is 0. The maximum atomic E-state index is 12.1. The van der Waals surface area contributed by atoms with E-state index in [0.717, 1.165) is 37.5 Å². The highest BCUT2D eigenvalue weighted by molar-refractivity contribution is 5.85. The Bertz CT molecular complexity index is 466.